The van der Waals surface area contributed by atoms with Crippen LogP contribution in [0.5, 0.6) is 0 Å². The summed E-state index contributed by atoms with van der Waals surface area (Å²) < 4.78 is 24.5. The summed E-state index contributed by atoms with van der Waals surface area (Å²) in [5, 5.41) is 10.4. The Balaban J connectivity index is 0.00000225. The molecule has 0 aliphatic rings. The van der Waals surface area contributed by atoms with Crippen LogP contribution in [0.2, 0.25) is 5.02 Å². The maximum Gasteiger partial charge on any atom is 0.269 e. The van der Waals surface area contributed by atoms with Gasteiger partial charge >= 0.3 is 0 Å². The third-order valence-electron chi connectivity index (χ3n) is 1.82. The molecule has 1 rings (SSSR count). The standard InChI is InChI=1S/C8H7ClF2N2O2.ClH/c9-6-2-1-4(13(14)15)3-5(6)7(12)8(10)11;/h1-3,7-8H,12H2;1H/t7-;/m0./s1. The van der Waals surface area contributed by atoms with E-state index in [0.717, 1.165) is 12.1 Å². The van der Waals surface area contributed by atoms with Gasteiger partial charge in [0.15, 0.2) is 0 Å². The molecule has 0 fully saturated rings. The van der Waals surface area contributed by atoms with E-state index in [9.17, 15) is 18.9 Å². The molecule has 16 heavy (non-hydrogen) atoms. The Morgan fingerprint density at radius 2 is 2.00 bits per heavy atom. The molecule has 4 nitrogen and oxygen atoms in total. The molecule has 1 atom stereocenters. The highest BCUT2D eigenvalue weighted by molar-refractivity contribution is 6.31. The van der Waals surface area contributed by atoms with Crippen LogP contribution in [0.3, 0.4) is 0 Å². The van der Waals surface area contributed by atoms with E-state index in [1.54, 1.807) is 0 Å². The summed E-state index contributed by atoms with van der Waals surface area (Å²) in [5.41, 5.74) is 4.71. The molecule has 0 unspecified atom stereocenters. The van der Waals surface area contributed by atoms with E-state index in [-0.39, 0.29) is 28.7 Å². The highest BCUT2D eigenvalue weighted by Crippen LogP contribution is 2.29. The highest BCUT2D eigenvalue weighted by atomic mass is 35.5. The predicted molar refractivity (Wildman–Crippen MR) is 58.3 cm³/mol. The number of hydrogen-bond acceptors (Lipinski definition) is 3. The minimum Gasteiger partial charge on any atom is -0.319 e. The first-order chi connectivity index (χ1) is 6.93. The van der Waals surface area contributed by atoms with Crippen molar-refractivity contribution < 1.29 is 13.7 Å². The van der Waals surface area contributed by atoms with Gasteiger partial charge in [-0.05, 0) is 11.6 Å². The summed E-state index contributed by atoms with van der Waals surface area (Å²) >= 11 is 5.60. The van der Waals surface area contributed by atoms with E-state index in [4.69, 9.17) is 17.3 Å². The molecular formula is C8H8Cl2F2N2O2. The van der Waals surface area contributed by atoms with Gasteiger partial charge < -0.3 is 5.73 Å². The highest BCUT2D eigenvalue weighted by Gasteiger charge is 2.22. The van der Waals surface area contributed by atoms with Crippen LogP contribution in [0.1, 0.15) is 11.6 Å². The fourth-order valence-electron chi connectivity index (χ4n) is 1.04. The first kappa shape index (κ1) is 15.0. The molecule has 0 saturated carbocycles. The maximum absolute atomic E-state index is 12.3. The summed E-state index contributed by atoms with van der Waals surface area (Å²) in [5.74, 6) is 0. The molecule has 1 aromatic carbocycles. The SMILES string of the molecule is Cl.N[C@@H](c1cc([N+](=O)[O-])ccc1Cl)C(F)F. The smallest absolute Gasteiger partial charge is 0.269 e. The number of rotatable bonds is 3. The van der Waals surface area contributed by atoms with Crippen LogP contribution in [0.15, 0.2) is 18.2 Å². The molecule has 0 aromatic heterocycles. The third kappa shape index (κ3) is 3.26. The first-order valence-corrected chi connectivity index (χ1v) is 4.29. The van der Waals surface area contributed by atoms with E-state index in [0.29, 0.717) is 0 Å². The fraction of sp³-hybridized carbons (Fsp3) is 0.250. The van der Waals surface area contributed by atoms with Gasteiger partial charge in [-0.25, -0.2) is 8.78 Å². The van der Waals surface area contributed by atoms with Crippen molar-refractivity contribution in [2.75, 3.05) is 0 Å². The first-order valence-electron chi connectivity index (χ1n) is 3.91. The lowest BCUT2D eigenvalue weighted by Crippen LogP contribution is -2.19. The number of hydrogen-bond donors (Lipinski definition) is 1. The summed E-state index contributed by atoms with van der Waals surface area (Å²) in [6.07, 6.45) is -2.82. The van der Waals surface area contributed by atoms with E-state index >= 15 is 0 Å². The molecule has 90 valence electrons. The molecule has 0 saturated heterocycles. The van der Waals surface area contributed by atoms with E-state index in [1.165, 1.54) is 6.07 Å². The Kier molecular flexibility index (Phi) is 5.57. The van der Waals surface area contributed by atoms with Crippen molar-refractivity contribution in [3.05, 3.63) is 38.9 Å². The zero-order chi connectivity index (χ0) is 11.6. The molecule has 1 aromatic rings. The Morgan fingerprint density at radius 1 is 1.44 bits per heavy atom. The van der Waals surface area contributed by atoms with Gasteiger partial charge in [-0.2, -0.15) is 0 Å². The Hall–Kier alpha value is -0.980. The quantitative estimate of drug-likeness (QED) is 0.680. The molecule has 0 bridgehead atoms. The fourth-order valence-corrected chi connectivity index (χ4v) is 1.28. The summed E-state index contributed by atoms with van der Waals surface area (Å²) in [4.78, 5) is 9.69. The van der Waals surface area contributed by atoms with Crippen molar-refractivity contribution in [3.8, 4) is 0 Å². The number of benzene rings is 1. The van der Waals surface area contributed by atoms with Crippen molar-refractivity contribution in [1.82, 2.24) is 0 Å². The molecule has 0 heterocycles. The summed E-state index contributed by atoms with van der Waals surface area (Å²) in [6, 6.07) is 1.65. The summed E-state index contributed by atoms with van der Waals surface area (Å²) in [7, 11) is 0. The van der Waals surface area contributed by atoms with Crippen LogP contribution in [-0.2, 0) is 0 Å². The van der Waals surface area contributed by atoms with Crippen LogP contribution < -0.4 is 5.73 Å². The number of nitrogens with zero attached hydrogens (tertiary/aromatic N) is 1. The molecular weight excluding hydrogens is 265 g/mol. The molecule has 0 amide bonds. The average Bonchev–Trinajstić information content (AvgIpc) is 2.16. The lowest BCUT2D eigenvalue weighted by Gasteiger charge is -2.11. The lowest BCUT2D eigenvalue weighted by molar-refractivity contribution is -0.384. The van der Waals surface area contributed by atoms with E-state index in [2.05, 4.69) is 0 Å². The minimum absolute atomic E-state index is 0. The van der Waals surface area contributed by atoms with Gasteiger partial charge in [0.25, 0.3) is 12.1 Å². The normalized spacial score (nSPS) is 12.1. The number of nitro groups is 1. The summed E-state index contributed by atoms with van der Waals surface area (Å²) in [6.45, 7) is 0. The number of alkyl halides is 2. The molecule has 0 spiro atoms. The number of nitrogens with two attached hydrogens (primary N) is 1. The number of halogens is 4. The largest absolute Gasteiger partial charge is 0.319 e. The van der Waals surface area contributed by atoms with Crippen molar-refractivity contribution >= 4 is 29.7 Å². The Labute approximate surface area is 101 Å². The lowest BCUT2D eigenvalue weighted by atomic mass is 10.1. The van der Waals surface area contributed by atoms with Crippen molar-refractivity contribution in [3.63, 3.8) is 0 Å². The minimum atomic E-state index is -2.82. The number of non-ortho nitro benzene ring substituents is 1. The van der Waals surface area contributed by atoms with E-state index < -0.39 is 17.4 Å². The van der Waals surface area contributed by atoms with Crippen LogP contribution >= 0.6 is 24.0 Å². The van der Waals surface area contributed by atoms with Crippen molar-refractivity contribution in [1.29, 1.82) is 0 Å². The average molecular weight is 273 g/mol. The van der Waals surface area contributed by atoms with Gasteiger partial charge in [-0.1, -0.05) is 11.6 Å². The molecule has 8 heteroatoms. The Bertz CT molecular complexity index is 390. The third-order valence-corrected chi connectivity index (χ3v) is 2.17. The van der Waals surface area contributed by atoms with Crippen LogP contribution in [-0.4, -0.2) is 11.3 Å². The van der Waals surface area contributed by atoms with Gasteiger partial charge in [0, 0.05) is 17.2 Å². The van der Waals surface area contributed by atoms with Gasteiger partial charge in [0.1, 0.15) is 0 Å². The molecule has 0 aliphatic carbocycles. The van der Waals surface area contributed by atoms with Gasteiger partial charge in [0.2, 0.25) is 0 Å². The zero-order valence-corrected chi connectivity index (χ0v) is 9.34. The maximum atomic E-state index is 12.3. The van der Waals surface area contributed by atoms with Crippen molar-refractivity contribution in [2.45, 2.75) is 12.5 Å². The van der Waals surface area contributed by atoms with Crippen molar-refractivity contribution in [2.24, 2.45) is 5.73 Å². The molecule has 2 N–H and O–H groups in total. The Morgan fingerprint density at radius 3 is 2.44 bits per heavy atom. The van der Waals surface area contributed by atoms with Gasteiger partial charge in [-0.3, -0.25) is 10.1 Å². The van der Waals surface area contributed by atoms with Crippen LogP contribution in [0, 0.1) is 10.1 Å². The second-order valence-corrected chi connectivity index (χ2v) is 3.23. The van der Waals surface area contributed by atoms with Crippen LogP contribution in [0.4, 0.5) is 14.5 Å². The zero-order valence-electron chi connectivity index (χ0n) is 7.77. The second kappa shape index (κ2) is 5.93. The predicted octanol–water partition coefficient (Wildman–Crippen LogP) is 2.93. The molecule has 0 aliphatic heterocycles. The molecule has 0 radical (unpaired) electrons. The monoisotopic (exact) mass is 272 g/mol. The second-order valence-electron chi connectivity index (χ2n) is 2.82. The van der Waals surface area contributed by atoms with Gasteiger partial charge in [-0.15, -0.1) is 12.4 Å². The topological polar surface area (TPSA) is 69.2 Å². The van der Waals surface area contributed by atoms with Crippen LogP contribution in [0.25, 0.3) is 0 Å². The van der Waals surface area contributed by atoms with Gasteiger partial charge in [0.05, 0.1) is 11.0 Å². The van der Waals surface area contributed by atoms with E-state index in [1.807, 2.05) is 0 Å². The number of nitro benzene ring substituents is 1.